The Balaban J connectivity index is 2.48. The van der Waals surface area contributed by atoms with Crippen LogP contribution in [0.4, 0.5) is 17.1 Å². The maximum Gasteiger partial charge on any atom is 0.293 e. The third kappa shape index (κ3) is 2.99. The van der Waals surface area contributed by atoms with Crippen LogP contribution in [0.15, 0.2) is 42.5 Å². The van der Waals surface area contributed by atoms with Gasteiger partial charge < -0.3 is 4.90 Å². The first-order valence-corrected chi connectivity index (χ1v) is 7.28. The SMILES string of the molecule is Cc1cccc(N(C)c2ccc(CBr)cc2[N+](=O)[O-])c1. The minimum absolute atomic E-state index is 0.117. The molecular formula is C15H15BrN2O2. The van der Waals surface area contributed by atoms with Crippen LogP contribution < -0.4 is 4.90 Å². The smallest absolute Gasteiger partial charge is 0.293 e. The summed E-state index contributed by atoms with van der Waals surface area (Å²) in [4.78, 5) is 12.8. The van der Waals surface area contributed by atoms with Crippen LogP contribution in [0.5, 0.6) is 0 Å². The molecule has 2 aromatic rings. The lowest BCUT2D eigenvalue weighted by molar-refractivity contribution is -0.384. The highest BCUT2D eigenvalue weighted by Gasteiger charge is 2.18. The van der Waals surface area contributed by atoms with E-state index in [0.717, 1.165) is 16.8 Å². The van der Waals surface area contributed by atoms with E-state index in [2.05, 4.69) is 15.9 Å². The van der Waals surface area contributed by atoms with E-state index in [1.54, 1.807) is 12.1 Å². The molecule has 0 aliphatic carbocycles. The van der Waals surface area contributed by atoms with Crippen LogP contribution in [0.1, 0.15) is 11.1 Å². The molecule has 20 heavy (non-hydrogen) atoms. The van der Waals surface area contributed by atoms with Crippen LogP contribution in [0, 0.1) is 17.0 Å². The van der Waals surface area contributed by atoms with Crippen LogP contribution in [0.3, 0.4) is 0 Å². The molecule has 4 nitrogen and oxygen atoms in total. The zero-order chi connectivity index (χ0) is 14.7. The molecule has 0 aliphatic heterocycles. The quantitative estimate of drug-likeness (QED) is 0.467. The van der Waals surface area contributed by atoms with Gasteiger partial charge in [-0.15, -0.1) is 0 Å². The third-order valence-electron chi connectivity index (χ3n) is 3.14. The summed E-state index contributed by atoms with van der Waals surface area (Å²) >= 11 is 3.32. The molecule has 0 spiro atoms. The van der Waals surface area contributed by atoms with Crippen molar-refractivity contribution in [1.29, 1.82) is 0 Å². The van der Waals surface area contributed by atoms with Crippen molar-refractivity contribution in [2.75, 3.05) is 11.9 Å². The third-order valence-corrected chi connectivity index (χ3v) is 3.79. The topological polar surface area (TPSA) is 46.4 Å². The molecule has 0 heterocycles. The van der Waals surface area contributed by atoms with Gasteiger partial charge in [0, 0.05) is 24.1 Å². The molecule has 0 atom stereocenters. The number of anilines is 2. The van der Waals surface area contributed by atoms with Crippen LogP contribution in [-0.2, 0) is 5.33 Å². The second-order valence-electron chi connectivity index (χ2n) is 4.61. The largest absolute Gasteiger partial charge is 0.339 e. The van der Waals surface area contributed by atoms with E-state index in [-0.39, 0.29) is 10.6 Å². The normalized spacial score (nSPS) is 10.3. The van der Waals surface area contributed by atoms with Gasteiger partial charge >= 0.3 is 0 Å². The molecule has 0 radical (unpaired) electrons. The number of halogens is 1. The van der Waals surface area contributed by atoms with Gasteiger partial charge in [-0.25, -0.2) is 0 Å². The molecule has 2 aromatic carbocycles. The number of benzene rings is 2. The summed E-state index contributed by atoms with van der Waals surface area (Å²) < 4.78 is 0. The number of rotatable bonds is 4. The second kappa shape index (κ2) is 6.05. The maximum absolute atomic E-state index is 11.3. The van der Waals surface area contributed by atoms with Gasteiger partial charge in [-0.1, -0.05) is 34.1 Å². The minimum Gasteiger partial charge on any atom is -0.339 e. The average molecular weight is 335 g/mol. The van der Waals surface area contributed by atoms with E-state index in [1.165, 1.54) is 0 Å². The zero-order valence-corrected chi connectivity index (χ0v) is 12.9. The number of nitro groups is 1. The standard InChI is InChI=1S/C15H15BrN2O2/c1-11-4-3-5-13(8-11)17(2)14-7-6-12(10-16)9-15(14)18(19)20/h3-9H,10H2,1-2H3. The van der Waals surface area contributed by atoms with E-state index in [1.807, 2.05) is 49.2 Å². The fourth-order valence-corrected chi connectivity index (χ4v) is 2.41. The Hall–Kier alpha value is -1.88. The lowest BCUT2D eigenvalue weighted by atomic mass is 10.1. The predicted molar refractivity (Wildman–Crippen MR) is 85.0 cm³/mol. The van der Waals surface area contributed by atoms with Gasteiger partial charge in [0.25, 0.3) is 5.69 Å². The Labute approximate surface area is 126 Å². The summed E-state index contributed by atoms with van der Waals surface area (Å²) in [7, 11) is 1.84. The van der Waals surface area contributed by atoms with Crippen molar-refractivity contribution in [2.24, 2.45) is 0 Å². The van der Waals surface area contributed by atoms with Gasteiger partial charge in [0.2, 0.25) is 0 Å². The van der Waals surface area contributed by atoms with Crippen molar-refractivity contribution in [3.63, 3.8) is 0 Å². The summed E-state index contributed by atoms with van der Waals surface area (Å²) in [5.74, 6) is 0. The van der Waals surface area contributed by atoms with Crippen LogP contribution in [0.25, 0.3) is 0 Å². The Morgan fingerprint density at radius 1 is 1.25 bits per heavy atom. The lowest BCUT2D eigenvalue weighted by Crippen LogP contribution is -2.11. The van der Waals surface area contributed by atoms with Crippen molar-refractivity contribution in [2.45, 2.75) is 12.3 Å². The number of hydrogen-bond donors (Lipinski definition) is 0. The first-order valence-electron chi connectivity index (χ1n) is 6.16. The molecule has 104 valence electrons. The summed E-state index contributed by atoms with van der Waals surface area (Å²) in [6.07, 6.45) is 0. The average Bonchev–Trinajstić information content (AvgIpc) is 2.45. The van der Waals surface area contributed by atoms with E-state index in [0.29, 0.717) is 11.0 Å². The van der Waals surface area contributed by atoms with Gasteiger partial charge in [-0.3, -0.25) is 10.1 Å². The molecule has 0 amide bonds. The molecule has 0 fully saturated rings. The Morgan fingerprint density at radius 2 is 2.00 bits per heavy atom. The fourth-order valence-electron chi connectivity index (χ4n) is 2.06. The molecule has 0 saturated carbocycles. The van der Waals surface area contributed by atoms with E-state index >= 15 is 0 Å². The van der Waals surface area contributed by atoms with Crippen molar-refractivity contribution in [1.82, 2.24) is 0 Å². The first-order chi connectivity index (χ1) is 9.52. The maximum atomic E-state index is 11.3. The Morgan fingerprint density at radius 3 is 2.60 bits per heavy atom. The first kappa shape index (κ1) is 14.5. The molecule has 0 saturated heterocycles. The summed E-state index contributed by atoms with van der Waals surface area (Å²) in [6, 6.07) is 13.2. The highest BCUT2D eigenvalue weighted by atomic mass is 79.9. The molecule has 0 aromatic heterocycles. The molecule has 0 unspecified atom stereocenters. The fraction of sp³-hybridized carbons (Fsp3) is 0.200. The van der Waals surface area contributed by atoms with Gasteiger partial charge in [-0.2, -0.15) is 0 Å². The van der Waals surface area contributed by atoms with Crippen LogP contribution in [-0.4, -0.2) is 12.0 Å². The number of nitro benzene ring substituents is 1. The predicted octanol–water partition coefficient (Wildman–Crippen LogP) is 4.57. The molecule has 0 bridgehead atoms. The Bertz CT molecular complexity index is 644. The molecule has 5 heteroatoms. The van der Waals surface area contributed by atoms with E-state index in [9.17, 15) is 10.1 Å². The van der Waals surface area contributed by atoms with E-state index in [4.69, 9.17) is 0 Å². The van der Waals surface area contributed by atoms with Gasteiger partial charge in [-0.05, 0) is 36.2 Å². The summed E-state index contributed by atoms with van der Waals surface area (Å²) in [5.41, 5.74) is 3.64. The molecule has 0 aliphatic rings. The highest BCUT2D eigenvalue weighted by Crippen LogP contribution is 2.33. The van der Waals surface area contributed by atoms with Crippen molar-refractivity contribution in [3.05, 3.63) is 63.7 Å². The second-order valence-corrected chi connectivity index (χ2v) is 5.17. The van der Waals surface area contributed by atoms with Crippen molar-refractivity contribution < 1.29 is 4.92 Å². The van der Waals surface area contributed by atoms with E-state index < -0.39 is 0 Å². The number of alkyl halides is 1. The van der Waals surface area contributed by atoms with Crippen molar-refractivity contribution >= 4 is 33.0 Å². The minimum atomic E-state index is -0.339. The summed E-state index contributed by atoms with van der Waals surface area (Å²) in [5, 5.41) is 11.9. The monoisotopic (exact) mass is 334 g/mol. The zero-order valence-electron chi connectivity index (χ0n) is 11.3. The number of aryl methyl sites for hydroxylation is 1. The van der Waals surface area contributed by atoms with Crippen molar-refractivity contribution in [3.8, 4) is 0 Å². The molecule has 0 N–H and O–H groups in total. The Kier molecular flexibility index (Phi) is 4.39. The molecular weight excluding hydrogens is 320 g/mol. The summed E-state index contributed by atoms with van der Waals surface area (Å²) in [6.45, 7) is 2.00. The van der Waals surface area contributed by atoms with Gasteiger partial charge in [0.05, 0.1) is 4.92 Å². The van der Waals surface area contributed by atoms with Crippen LogP contribution >= 0.6 is 15.9 Å². The van der Waals surface area contributed by atoms with Gasteiger partial charge in [0.1, 0.15) is 5.69 Å². The van der Waals surface area contributed by atoms with Gasteiger partial charge in [0.15, 0.2) is 0 Å². The highest BCUT2D eigenvalue weighted by molar-refractivity contribution is 9.08. The number of nitrogens with zero attached hydrogens (tertiary/aromatic N) is 2. The lowest BCUT2D eigenvalue weighted by Gasteiger charge is -2.20. The molecule has 2 rings (SSSR count). The number of hydrogen-bond acceptors (Lipinski definition) is 3. The van der Waals surface area contributed by atoms with Crippen LogP contribution in [0.2, 0.25) is 0 Å².